The molecule has 0 spiro atoms. The maximum Gasteiger partial charge on any atom is 0.318 e. The number of urea groups is 1. The highest BCUT2D eigenvalue weighted by atomic mass is 32.2. The minimum Gasteiger partial charge on any atom is -0.341 e. The first-order valence-electron chi connectivity index (χ1n) is 10.2. The number of likely N-dealkylation sites (tertiary alicyclic amines) is 1. The molecular weight excluding hydrogens is 423 g/mol. The predicted molar refractivity (Wildman–Crippen MR) is 113 cm³/mol. The Labute approximate surface area is 182 Å². The van der Waals surface area contributed by atoms with Crippen molar-refractivity contribution in [2.45, 2.75) is 50.0 Å². The molecule has 3 amide bonds. The summed E-state index contributed by atoms with van der Waals surface area (Å²) in [5, 5.41) is 13.9. The van der Waals surface area contributed by atoms with Crippen LogP contribution in [-0.2, 0) is 14.6 Å². The van der Waals surface area contributed by atoms with E-state index in [0.29, 0.717) is 31.4 Å². The number of piperidine rings is 1. The summed E-state index contributed by atoms with van der Waals surface area (Å²) in [5.41, 5.74) is 0.371. The van der Waals surface area contributed by atoms with E-state index in [1.807, 2.05) is 19.9 Å². The molecule has 1 fully saturated rings. The fourth-order valence-corrected chi connectivity index (χ4v) is 4.31. The van der Waals surface area contributed by atoms with Gasteiger partial charge in [-0.1, -0.05) is 19.9 Å². The molecule has 2 unspecified atom stereocenters. The van der Waals surface area contributed by atoms with Gasteiger partial charge >= 0.3 is 6.03 Å². The molecule has 10 heteroatoms. The van der Waals surface area contributed by atoms with Crippen LogP contribution in [0.1, 0.15) is 44.6 Å². The van der Waals surface area contributed by atoms with Gasteiger partial charge in [0, 0.05) is 25.3 Å². The second-order valence-corrected chi connectivity index (χ2v) is 10.3. The van der Waals surface area contributed by atoms with E-state index in [4.69, 9.17) is 5.26 Å². The molecule has 1 heterocycles. The maximum atomic E-state index is 14.6. The van der Waals surface area contributed by atoms with Gasteiger partial charge < -0.3 is 15.5 Å². The first-order valence-corrected chi connectivity index (χ1v) is 12.1. The van der Waals surface area contributed by atoms with Crippen LogP contribution in [0.25, 0.3) is 0 Å². The quantitative estimate of drug-likeness (QED) is 0.615. The number of carbonyl (C=O) groups is 2. The van der Waals surface area contributed by atoms with Crippen LogP contribution in [0.4, 0.5) is 9.18 Å². The van der Waals surface area contributed by atoms with Crippen LogP contribution in [0.2, 0.25) is 0 Å². The maximum absolute atomic E-state index is 14.6. The summed E-state index contributed by atoms with van der Waals surface area (Å²) in [7, 11) is -3.51. The van der Waals surface area contributed by atoms with Crippen molar-refractivity contribution in [1.82, 2.24) is 15.5 Å². The van der Waals surface area contributed by atoms with Gasteiger partial charge in [-0.25, -0.2) is 17.6 Å². The van der Waals surface area contributed by atoms with Crippen molar-refractivity contribution in [1.29, 1.82) is 5.26 Å². The third kappa shape index (κ3) is 6.92. The average molecular weight is 453 g/mol. The number of halogens is 1. The van der Waals surface area contributed by atoms with Crippen LogP contribution in [-0.4, -0.2) is 57.2 Å². The zero-order valence-corrected chi connectivity index (χ0v) is 18.8. The summed E-state index contributed by atoms with van der Waals surface area (Å²) in [6.45, 7) is 4.44. The Morgan fingerprint density at radius 1 is 1.35 bits per heavy atom. The summed E-state index contributed by atoms with van der Waals surface area (Å²) in [6.07, 6.45) is 2.76. The third-order valence-electron chi connectivity index (χ3n) is 5.21. The van der Waals surface area contributed by atoms with E-state index in [9.17, 15) is 22.4 Å². The fraction of sp³-hybridized carbons (Fsp3) is 0.571. The highest BCUT2D eigenvalue weighted by Gasteiger charge is 2.30. The number of nitriles is 1. The summed E-state index contributed by atoms with van der Waals surface area (Å²) in [4.78, 5) is 26.6. The molecule has 0 aromatic heterocycles. The minimum absolute atomic E-state index is 0.0842. The Bertz CT molecular complexity index is 959. The molecule has 0 radical (unpaired) electrons. The molecule has 8 nitrogen and oxygen atoms in total. The number of sulfone groups is 1. The van der Waals surface area contributed by atoms with Crippen molar-refractivity contribution in [2.24, 2.45) is 5.92 Å². The molecule has 1 aromatic rings. The van der Waals surface area contributed by atoms with Crippen molar-refractivity contribution in [3.05, 3.63) is 29.6 Å². The summed E-state index contributed by atoms with van der Waals surface area (Å²) < 4.78 is 37.9. The van der Waals surface area contributed by atoms with Gasteiger partial charge in [-0.2, -0.15) is 5.26 Å². The Kier molecular flexibility index (Phi) is 8.39. The third-order valence-corrected chi connectivity index (χ3v) is 6.32. The molecule has 2 N–H and O–H groups in total. The first-order chi connectivity index (χ1) is 14.5. The van der Waals surface area contributed by atoms with Gasteiger partial charge in [0.25, 0.3) is 0 Å². The summed E-state index contributed by atoms with van der Waals surface area (Å²) in [6, 6.07) is 4.51. The number of benzene rings is 1. The Hall–Kier alpha value is -2.67. The largest absolute Gasteiger partial charge is 0.341 e. The van der Waals surface area contributed by atoms with Gasteiger partial charge in [-0.3, -0.25) is 4.79 Å². The van der Waals surface area contributed by atoms with E-state index in [1.54, 1.807) is 4.90 Å². The van der Waals surface area contributed by atoms with Crippen LogP contribution in [0.5, 0.6) is 0 Å². The summed E-state index contributed by atoms with van der Waals surface area (Å²) in [5.74, 6) is -1.15. The molecule has 2 atom stereocenters. The van der Waals surface area contributed by atoms with Crippen LogP contribution in [0.15, 0.2) is 23.1 Å². The number of hydrogen-bond acceptors (Lipinski definition) is 5. The normalized spacial score (nSPS) is 17.7. The van der Waals surface area contributed by atoms with Crippen LogP contribution in [0, 0.1) is 23.1 Å². The smallest absolute Gasteiger partial charge is 0.318 e. The molecular formula is C21H29FN4O4S. The number of rotatable bonds is 7. The van der Waals surface area contributed by atoms with E-state index in [0.717, 1.165) is 12.3 Å². The van der Waals surface area contributed by atoms with Gasteiger partial charge in [-0.05, 0) is 42.9 Å². The fourth-order valence-electron chi connectivity index (χ4n) is 3.68. The zero-order valence-electron chi connectivity index (χ0n) is 18.0. The van der Waals surface area contributed by atoms with Gasteiger partial charge in [0.05, 0.1) is 11.0 Å². The molecule has 1 aromatic carbocycles. The number of nitrogens with zero attached hydrogens (tertiary/aromatic N) is 2. The minimum atomic E-state index is -3.51. The van der Waals surface area contributed by atoms with Crippen molar-refractivity contribution in [2.75, 3.05) is 25.9 Å². The SMILES string of the molecule is CC(C)CC(NC(=O)N1CCCC(c2ccc(S(C)(=O)=O)cc2F)C1)C(=O)NCC#N. The molecule has 0 aliphatic carbocycles. The first kappa shape index (κ1) is 24.6. The molecule has 31 heavy (non-hydrogen) atoms. The van der Waals surface area contributed by atoms with E-state index >= 15 is 0 Å². The van der Waals surface area contributed by atoms with Crippen molar-refractivity contribution >= 4 is 21.8 Å². The number of hydrogen-bond donors (Lipinski definition) is 2. The molecule has 0 bridgehead atoms. The van der Waals surface area contributed by atoms with E-state index in [1.165, 1.54) is 12.1 Å². The lowest BCUT2D eigenvalue weighted by molar-refractivity contribution is -0.123. The molecule has 170 valence electrons. The van der Waals surface area contributed by atoms with Crippen LogP contribution in [0.3, 0.4) is 0 Å². The van der Waals surface area contributed by atoms with Crippen LogP contribution < -0.4 is 10.6 Å². The number of nitrogens with one attached hydrogen (secondary N) is 2. The standard InChI is InChI=1S/C21H29FN4O4S/c1-14(2)11-19(20(27)24-9-8-23)25-21(28)26-10-4-5-15(13-26)17-7-6-16(12-18(17)22)31(3,29)30/h6-7,12,14-15,19H,4-5,9-11,13H2,1-3H3,(H,24,27)(H,25,28). The zero-order chi connectivity index (χ0) is 23.2. The Morgan fingerprint density at radius 2 is 2.06 bits per heavy atom. The number of carbonyl (C=O) groups excluding carboxylic acids is 2. The van der Waals surface area contributed by atoms with Crippen molar-refractivity contribution < 1.29 is 22.4 Å². The summed E-state index contributed by atoms with van der Waals surface area (Å²) >= 11 is 0. The lowest BCUT2D eigenvalue weighted by Crippen LogP contribution is -2.53. The van der Waals surface area contributed by atoms with Gasteiger partial charge in [0.1, 0.15) is 18.4 Å². The second-order valence-electron chi connectivity index (χ2n) is 8.25. The Balaban J connectivity index is 2.11. The van der Waals surface area contributed by atoms with Gasteiger partial charge in [-0.15, -0.1) is 0 Å². The molecule has 1 saturated heterocycles. The highest BCUT2D eigenvalue weighted by Crippen LogP contribution is 2.30. The monoisotopic (exact) mass is 452 g/mol. The lowest BCUT2D eigenvalue weighted by atomic mass is 9.90. The lowest BCUT2D eigenvalue weighted by Gasteiger charge is -2.34. The average Bonchev–Trinajstić information content (AvgIpc) is 2.70. The van der Waals surface area contributed by atoms with E-state index < -0.39 is 33.6 Å². The van der Waals surface area contributed by atoms with Gasteiger partial charge in [0.2, 0.25) is 5.91 Å². The molecule has 2 rings (SSSR count). The molecule has 0 saturated carbocycles. The highest BCUT2D eigenvalue weighted by molar-refractivity contribution is 7.90. The van der Waals surface area contributed by atoms with Gasteiger partial charge in [0.15, 0.2) is 9.84 Å². The van der Waals surface area contributed by atoms with E-state index in [2.05, 4.69) is 10.6 Å². The molecule has 1 aliphatic rings. The topological polar surface area (TPSA) is 119 Å². The second kappa shape index (κ2) is 10.6. The van der Waals surface area contributed by atoms with Crippen molar-refractivity contribution in [3.8, 4) is 6.07 Å². The van der Waals surface area contributed by atoms with Crippen molar-refractivity contribution in [3.63, 3.8) is 0 Å². The van der Waals surface area contributed by atoms with Crippen LogP contribution >= 0.6 is 0 Å². The predicted octanol–water partition coefficient (Wildman–Crippen LogP) is 2.17. The Morgan fingerprint density at radius 3 is 2.65 bits per heavy atom. The molecule has 1 aliphatic heterocycles. The van der Waals surface area contributed by atoms with E-state index in [-0.39, 0.29) is 29.8 Å². The number of amides is 3.